The number of methoxy groups -OCH3 is 1. The number of nitrogens with two attached hydrogens (primary N) is 1. The van der Waals surface area contributed by atoms with Gasteiger partial charge in [0.25, 0.3) is 5.91 Å². The van der Waals surface area contributed by atoms with Crippen molar-refractivity contribution in [2.45, 2.75) is 37.8 Å². The molecule has 0 bridgehead atoms. The molecule has 0 aromatic carbocycles. The number of ether oxygens (including phenoxy) is 2. The fourth-order valence-corrected chi connectivity index (χ4v) is 3.72. The lowest BCUT2D eigenvalue weighted by Crippen LogP contribution is -2.49. The number of anilines is 1. The van der Waals surface area contributed by atoms with Gasteiger partial charge in [0.2, 0.25) is 5.88 Å². The predicted octanol–water partition coefficient (Wildman–Crippen LogP) is 1.88. The maximum atomic E-state index is 12.8. The molecule has 1 fully saturated rings. The van der Waals surface area contributed by atoms with Gasteiger partial charge in [-0.15, -0.1) is 0 Å². The molecule has 2 aromatic rings. The Hall–Kier alpha value is -2.41. The van der Waals surface area contributed by atoms with Crippen molar-refractivity contribution in [3.05, 3.63) is 18.3 Å². The van der Waals surface area contributed by atoms with Crippen molar-refractivity contribution in [2.75, 3.05) is 19.1 Å². The summed E-state index contributed by atoms with van der Waals surface area (Å²) < 4.78 is 11.4. The lowest BCUT2D eigenvalue weighted by Gasteiger charge is -2.38. The summed E-state index contributed by atoms with van der Waals surface area (Å²) in [6.45, 7) is 0. The van der Waals surface area contributed by atoms with Crippen LogP contribution in [0.25, 0.3) is 11.0 Å². The van der Waals surface area contributed by atoms with Gasteiger partial charge in [0.15, 0.2) is 11.9 Å². The van der Waals surface area contributed by atoms with Gasteiger partial charge in [-0.05, 0) is 31.7 Å². The Balaban J connectivity index is 1.76. The maximum Gasteiger partial charge on any atom is 0.268 e. The van der Waals surface area contributed by atoms with Crippen molar-refractivity contribution in [3.63, 3.8) is 0 Å². The van der Waals surface area contributed by atoms with E-state index in [0.29, 0.717) is 28.4 Å². The van der Waals surface area contributed by atoms with Crippen LogP contribution in [0.4, 0.5) is 5.69 Å². The zero-order valence-electron chi connectivity index (χ0n) is 14.4. The molecule has 25 heavy (non-hydrogen) atoms. The van der Waals surface area contributed by atoms with Gasteiger partial charge in [0.05, 0.1) is 18.8 Å². The van der Waals surface area contributed by atoms with E-state index < -0.39 is 6.10 Å². The van der Waals surface area contributed by atoms with Crippen molar-refractivity contribution in [2.24, 2.45) is 11.7 Å². The Labute approximate surface area is 146 Å². The third-order valence-corrected chi connectivity index (χ3v) is 5.26. The summed E-state index contributed by atoms with van der Waals surface area (Å²) in [6, 6.07) is 3.84. The highest BCUT2D eigenvalue weighted by molar-refractivity contribution is 6.03. The standard InChI is InChI=1S/C18H22N4O3/c1-22-13-9-20-12-7-8-14(24-2)21-15(12)17(13)25-16(18(22)23)10-3-5-11(19)6-4-10/h7-11,16H,3-6,19H2,1-2H3. The highest BCUT2D eigenvalue weighted by atomic mass is 16.5. The molecule has 1 aliphatic carbocycles. The number of fused-ring (bicyclic) bond motifs is 3. The van der Waals surface area contributed by atoms with E-state index in [0.717, 1.165) is 25.7 Å². The van der Waals surface area contributed by atoms with Crippen LogP contribution in [0.15, 0.2) is 18.3 Å². The fourth-order valence-electron chi connectivity index (χ4n) is 3.72. The third kappa shape index (κ3) is 2.68. The largest absolute Gasteiger partial charge is 0.481 e. The second-order valence-electron chi connectivity index (χ2n) is 6.80. The van der Waals surface area contributed by atoms with Gasteiger partial charge >= 0.3 is 0 Å². The van der Waals surface area contributed by atoms with Gasteiger partial charge in [-0.2, -0.15) is 0 Å². The number of pyridine rings is 2. The zero-order chi connectivity index (χ0) is 17.6. The Bertz CT molecular complexity index is 817. The first-order valence-corrected chi connectivity index (χ1v) is 8.62. The molecule has 0 spiro atoms. The smallest absolute Gasteiger partial charge is 0.268 e. The van der Waals surface area contributed by atoms with Crippen LogP contribution in [0.1, 0.15) is 25.7 Å². The normalized spacial score (nSPS) is 26.3. The number of hydrogen-bond donors (Lipinski definition) is 1. The van der Waals surface area contributed by atoms with Gasteiger partial charge in [0, 0.05) is 25.1 Å². The number of rotatable bonds is 2. The maximum absolute atomic E-state index is 12.8. The van der Waals surface area contributed by atoms with E-state index in [4.69, 9.17) is 15.2 Å². The van der Waals surface area contributed by atoms with E-state index in [9.17, 15) is 4.79 Å². The molecule has 1 saturated carbocycles. The fraction of sp³-hybridized carbons (Fsp3) is 0.500. The molecule has 0 saturated heterocycles. The van der Waals surface area contributed by atoms with Gasteiger partial charge in [-0.1, -0.05) is 0 Å². The SMILES string of the molecule is COc1ccc2ncc3c(c2n1)OC(C1CCC(N)CC1)C(=O)N3C. The third-order valence-electron chi connectivity index (χ3n) is 5.26. The molecular formula is C18H22N4O3. The van der Waals surface area contributed by atoms with Crippen LogP contribution in [-0.4, -0.2) is 42.2 Å². The Morgan fingerprint density at radius 2 is 2.04 bits per heavy atom. The summed E-state index contributed by atoms with van der Waals surface area (Å²) >= 11 is 0. The number of carbonyl (C=O) groups excluding carboxylic acids is 1. The van der Waals surface area contributed by atoms with Gasteiger partial charge in [-0.25, -0.2) is 4.98 Å². The number of likely N-dealkylation sites (N-methyl/N-ethyl adjacent to an activating group) is 1. The number of amides is 1. The molecule has 2 N–H and O–H groups in total. The van der Waals surface area contributed by atoms with Crippen LogP contribution >= 0.6 is 0 Å². The van der Waals surface area contributed by atoms with E-state index >= 15 is 0 Å². The zero-order valence-corrected chi connectivity index (χ0v) is 14.4. The van der Waals surface area contributed by atoms with E-state index in [1.165, 1.54) is 0 Å². The van der Waals surface area contributed by atoms with Gasteiger partial charge < -0.3 is 20.1 Å². The van der Waals surface area contributed by atoms with E-state index in [1.54, 1.807) is 31.3 Å². The minimum absolute atomic E-state index is 0.0305. The molecule has 4 rings (SSSR count). The van der Waals surface area contributed by atoms with Crippen LogP contribution in [0.5, 0.6) is 11.6 Å². The topological polar surface area (TPSA) is 90.6 Å². The average Bonchev–Trinajstić information content (AvgIpc) is 2.64. The van der Waals surface area contributed by atoms with Crippen LogP contribution < -0.4 is 20.1 Å². The van der Waals surface area contributed by atoms with E-state index in [-0.39, 0.29) is 17.9 Å². The van der Waals surface area contributed by atoms with Crippen LogP contribution in [-0.2, 0) is 4.79 Å². The molecule has 132 valence electrons. The van der Waals surface area contributed by atoms with Crippen molar-refractivity contribution in [3.8, 4) is 11.6 Å². The molecule has 1 unspecified atom stereocenters. The first-order chi connectivity index (χ1) is 12.1. The number of nitrogens with zero attached hydrogens (tertiary/aromatic N) is 3. The highest BCUT2D eigenvalue weighted by Crippen LogP contribution is 2.41. The summed E-state index contributed by atoms with van der Waals surface area (Å²) in [7, 11) is 3.33. The minimum Gasteiger partial charge on any atom is -0.481 e. The monoisotopic (exact) mass is 342 g/mol. The Kier molecular flexibility index (Phi) is 3.95. The predicted molar refractivity (Wildman–Crippen MR) is 93.8 cm³/mol. The molecule has 1 amide bonds. The summed E-state index contributed by atoms with van der Waals surface area (Å²) in [5.41, 5.74) is 7.98. The summed E-state index contributed by atoms with van der Waals surface area (Å²) in [6.07, 6.45) is 4.83. The van der Waals surface area contributed by atoms with Crippen LogP contribution in [0, 0.1) is 5.92 Å². The molecule has 3 heterocycles. The number of carbonyl (C=O) groups is 1. The lowest BCUT2D eigenvalue weighted by molar-refractivity contribution is -0.129. The Morgan fingerprint density at radius 3 is 2.76 bits per heavy atom. The van der Waals surface area contributed by atoms with Crippen molar-refractivity contribution < 1.29 is 14.3 Å². The lowest BCUT2D eigenvalue weighted by atomic mass is 9.82. The molecule has 7 heteroatoms. The van der Waals surface area contributed by atoms with Crippen molar-refractivity contribution in [1.82, 2.24) is 9.97 Å². The second kappa shape index (κ2) is 6.15. The second-order valence-corrected chi connectivity index (χ2v) is 6.80. The van der Waals surface area contributed by atoms with E-state index in [2.05, 4.69) is 9.97 Å². The van der Waals surface area contributed by atoms with Crippen LogP contribution in [0.2, 0.25) is 0 Å². The summed E-state index contributed by atoms with van der Waals surface area (Å²) in [4.78, 5) is 23.3. The van der Waals surface area contributed by atoms with Gasteiger partial charge in [-0.3, -0.25) is 9.78 Å². The quantitative estimate of drug-likeness (QED) is 0.896. The first-order valence-electron chi connectivity index (χ1n) is 8.62. The molecule has 2 aliphatic rings. The summed E-state index contributed by atoms with van der Waals surface area (Å²) in [5, 5.41) is 0. The molecule has 7 nitrogen and oxygen atoms in total. The molecule has 1 atom stereocenters. The first kappa shape index (κ1) is 16.1. The number of hydrogen-bond acceptors (Lipinski definition) is 6. The van der Waals surface area contributed by atoms with E-state index in [1.807, 2.05) is 6.07 Å². The minimum atomic E-state index is -0.497. The molecular weight excluding hydrogens is 320 g/mol. The number of aromatic nitrogens is 2. The molecule has 1 aliphatic heterocycles. The molecule has 2 aromatic heterocycles. The van der Waals surface area contributed by atoms with Gasteiger partial charge in [0.1, 0.15) is 11.2 Å². The van der Waals surface area contributed by atoms with Crippen LogP contribution in [0.3, 0.4) is 0 Å². The van der Waals surface area contributed by atoms with Crippen molar-refractivity contribution in [1.29, 1.82) is 0 Å². The average molecular weight is 342 g/mol. The Morgan fingerprint density at radius 1 is 1.28 bits per heavy atom. The highest BCUT2D eigenvalue weighted by Gasteiger charge is 2.40. The molecule has 0 radical (unpaired) electrons. The summed E-state index contributed by atoms with van der Waals surface area (Å²) in [5.74, 6) is 1.24. The van der Waals surface area contributed by atoms with Crippen molar-refractivity contribution >= 4 is 22.6 Å².